The van der Waals surface area contributed by atoms with Gasteiger partial charge in [-0.15, -0.1) is 6.58 Å². The molecule has 0 amide bonds. The van der Waals surface area contributed by atoms with Crippen molar-refractivity contribution in [1.82, 2.24) is 0 Å². The van der Waals surface area contributed by atoms with E-state index in [1.165, 1.54) is 12.1 Å². The topological polar surface area (TPSA) is 18.5 Å². The molecular formula is C25H26F4O2. The fourth-order valence-corrected chi connectivity index (χ4v) is 4.44. The molecule has 2 aromatic carbocycles. The quantitative estimate of drug-likeness (QED) is 0.352. The number of benzene rings is 2. The summed E-state index contributed by atoms with van der Waals surface area (Å²) in [6.07, 6.45) is -0.980. The van der Waals surface area contributed by atoms with Crippen molar-refractivity contribution in [3.8, 4) is 11.1 Å². The number of halogens is 4. The van der Waals surface area contributed by atoms with Crippen LogP contribution in [0.1, 0.15) is 67.1 Å². The van der Waals surface area contributed by atoms with Crippen molar-refractivity contribution in [1.29, 1.82) is 0 Å². The lowest BCUT2D eigenvalue weighted by molar-refractivity contribution is -0.207. The molecule has 1 fully saturated rings. The van der Waals surface area contributed by atoms with Gasteiger partial charge in [-0.05, 0) is 36.0 Å². The molecule has 31 heavy (non-hydrogen) atoms. The van der Waals surface area contributed by atoms with Gasteiger partial charge in [-0.1, -0.05) is 43.7 Å². The molecule has 2 atom stereocenters. The van der Waals surface area contributed by atoms with Crippen LogP contribution in [-0.2, 0) is 15.9 Å². The molecule has 1 saturated heterocycles. The van der Waals surface area contributed by atoms with Gasteiger partial charge >= 0.3 is 0 Å². The number of allylic oxidation sites excluding steroid dienone is 1. The molecule has 0 N–H and O–H groups in total. The number of alkyl halides is 2. The average molecular weight is 434 g/mol. The highest BCUT2D eigenvalue weighted by Crippen LogP contribution is 2.51. The molecule has 0 bridgehead atoms. The summed E-state index contributed by atoms with van der Waals surface area (Å²) in [5, 5.41) is 0. The van der Waals surface area contributed by atoms with Crippen molar-refractivity contribution in [3.63, 3.8) is 0 Å². The van der Waals surface area contributed by atoms with Crippen molar-refractivity contribution < 1.29 is 27.0 Å². The van der Waals surface area contributed by atoms with E-state index in [0.29, 0.717) is 31.6 Å². The van der Waals surface area contributed by atoms with E-state index in [0.717, 1.165) is 12.8 Å². The van der Waals surface area contributed by atoms with Crippen LogP contribution >= 0.6 is 0 Å². The van der Waals surface area contributed by atoms with Crippen LogP contribution in [0.3, 0.4) is 0 Å². The maximum Gasteiger partial charge on any atom is 0.186 e. The first-order valence-corrected chi connectivity index (χ1v) is 10.7. The Hall–Kier alpha value is -2.18. The SMILES string of the molecule is C=CCCC1COC(c2ccc3c(c2F)C(F)C(F)c2c-3ccc(CCC)c2F)OC1. The monoisotopic (exact) mass is 434 g/mol. The van der Waals surface area contributed by atoms with E-state index in [2.05, 4.69) is 6.58 Å². The lowest BCUT2D eigenvalue weighted by Gasteiger charge is -2.32. The number of ether oxygens (including phenoxy) is 2. The largest absolute Gasteiger partial charge is 0.348 e. The molecule has 1 aliphatic heterocycles. The Labute approximate surface area is 179 Å². The molecule has 2 aliphatic rings. The summed E-state index contributed by atoms with van der Waals surface area (Å²) in [4.78, 5) is 0. The van der Waals surface area contributed by atoms with E-state index in [4.69, 9.17) is 9.47 Å². The van der Waals surface area contributed by atoms with Crippen molar-refractivity contribution in [2.45, 2.75) is 51.2 Å². The van der Waals surface area contributed by atoms with E-state index in [9.17, 15) is 4.39 Å². The number of aryl methyl sites for hydroxylation is 1. The Morgan fingerprint density at radius 1 is 0.968 bits per heavy atom. The van der Waals surface area contributed by atoms with Crippen LogP contribution in [0.4, 0.5) is 17.6 Å². The van der Waals surface area contributed by atoms with E-state index in [-0.39, 0.29) is 28.2 Å². The summed E-state index contributed by atoms with van der Waals surface area (Å²) in [6.45, 7) is 6.34. The fourth-order valence-electron chi connectivity index (χ4n) is 4.44. The lowest BCUT2D eigenvalue weighted by Crippen LogP contribution is -2.28. The summed E-state index contributed by atoms with van der Waals surface area (Å²) in [5.41, 5.74) is -0.00292. The number of fused-ring (bicyclic) bond motifs is 3. The highest BCUT2D eigenvalue weighted by atomic mass is 19.2. The molecule has 6 heteroatoms. The molecule has 1 heterocycles. The fraction of sp³-hybridized carbons (Fsp3) is 0.440. The van der Waals surface area contributed by atoms with Gasteiger partial charge in [0, 0.05) is 22.6 Å². The van der Waals surface area contributed by atoms with Crippen LogP contribution in [0.5, 0.6) is 0 Å². The third kappa shape index (κ3) is 3.92. The summed E-state index contributed by atoms with van der Waals surface area (Å²) >= 11 is 0. The lowest BCUT2D eigenvalue weighted by atomic mass is 9.80. The Kier molecular flexibility index (Phi) is 6.49. The molecule has 0 spiro atoms. The van der Waals surface area contributed by atoms with Crippen LogP contribution in [-0.4, -0.2) is 13.2 Å². The summed E-state index contributed by atoms with van der Waals surface area (Å²) in [7, 11) is 0. The second-order valence-corrected chi connectivity index (χ2v) is 8.21. The predicted octanol–water partition coefficient (Wildman–Crippen LogP) is 7.25. The second kappa shape index (κ2) is 9.13. The predicted molar refractivity (Wildman–Crippen MR) is 111 cm³/mol. The van der Waals surface area contributed by atoms with E-state index in [1.807, 2.05) is 13.0 Å². The Bertz CT molecular complexity index is 966. The maximum absolute atomic E-state index is 15.4. The van der Waals surface area contributed by atoms with E-state index >= 15 is 13.2 Å². The second-order valence-electron chi connectivity index (χ2n) is 8.21. The summed E-state index contributed by atoms with van der Waals surface area (Å²) < 4.78 is 71.7. The zero-order chi connectivity index (χ0) is 22.1. The normalized spacial score (nSPS) is 25.1. The minimum absolute atomic E-state index is 0.0299. The van der Waals surface area contributed by atoms with Gasteiger partial charge in [0.2, 0.25) is 0 Å². The highest BCUT2D eigenvalue weighted by molar-refractivity contribution is 5.76. The molecule has 0 radical (unpaired) electrons. The molecule has 2 unspecified atom stereocenters. The van der Waals surface area contributed by atoms with Crippen LogP contribution in [0.2, 0.25) is 0 Å². The first kappa shape index (κ1) is 22.0. The molecule has 4 rings (SSSR count). The van der Waals surface area contributed by atoms with Crippen LogP contribution in [0.25, 0.3) is 11.1 Å². The third-order valence-electron chi connectivity index (χ3n) is 6.09. The van der Waals surface area contributed by atoms with Crippen molar-refractivity contribution >= 4 is 0 Å². The van der Waals surface area contributed by atoms with Crippen molar-refractivity contribution in [3.05, 3.63) is 70.8 Å². The molecule has 0 saturated carbocycles. The number of hydrogen-bond acceptors (Lipinski definition) is 2. The Morgan fingerprint density at radius 3 is 2.19 bits per heavy atom. The molecule has 0 aromatic heterocycles. The van der Waals surface area contributed by atoms with Gasteiger partial charge in [-0.2, -0.15) is 0 Å². The summed E-state index contributed by atoms with van der Waals surface area (Å²) in [6, 6.07) is 6.07. The Morgan fingerprint density at radius 2 is 1.58 bits per heavy atom. The van der Waals surface area contributed by atoms with Crippen LogP contribution < -0.4 is 0 Å². The minimum Gasteiger partial charge on any atom is -0.348 e. The van der Waals surface area contributed by atoms with E-state index in [1.54, 1.807) is 12.1 Å². The first-order chi connectivity index (χ1) is 15.0. The van der Waals surface area contributed by atoms with Crippen LogP contribution in [0, 0.1) is 17.6 Å². The highest BCUT2D eigenvalue weighted by Gasteiger charge is 2.40. The number of hydrogen-bond donors (Lipinski definition) is 0. The molecule has 2 nitrogen and oxygen atoms in total. The van der Waals surface area contributed by atoms with Crippen molar-refractivity contribution in [2.75, 3.05) is 13.2 Å². The molecule has 1 aliphatic carbocycles. The minimum atomic E-state index is -2.31. The average Bonchev–Trinajstić information content (AvgIpc) is 2.78. The zero-order valence-electron chi connectivity index (χ0n) is 17.5. The standard InChI is InChI=1S/C25H26F4O2/c1-3-5-7-14-12-30-25(31-13-14)18-11-10-17-16-9-8-15(6-4-2)21(26)19(16)23(28)24(29)20(17)22(18)27/h3,8-11,14,23-25H,1,4-7,12-13H2,2H3. The maximum atomic E-state index is 15.4. The molecule has 2 aromatic rings. The Balaban J connectivity index is 1.68. The van der Waals surface area contributed by atoms with Crippen molar-refractivity contribution in [2.24, 2.45) is 5.92 Å². The van der Waals surface area contributed by atoms with Crippen LogP contribution in [0.15, 0.2) is 36.9 Å². The third-order valence-corrected chi connectivity index (χ3v) is 6.09. The molecule has 166 valence electrons. The van der Waals surface area contributed by atoms with Gasteiger partial charge in [0.25, 0.3) is 0 Å². The first-order valence-electron chi connectivity index (χ1n) is 10.7. The zero-order valence-corrected chi connectivity index (χ0v) is 17.5. The smallest absolute Gasteiger partial charge is 0.186 e. The summed E-state index contributed by atoms with van der Waals surface area (Å²) in [5.74, 6) is -1.47. The van der Waals surface area contributed by atoms with E-state index < -0.39 is 35.8 Å². The number of rotatable bonds is 6. The van der Waals surface area contributed by atoms with Gasteiger partial charge in [0.05, 0.1) is 13.2 Å². The van der Waals surface area contributed by atoms with Gasteiger partial charge in [-0.3, -0.25) is 0 Å². The van der Waals surface area contributed by atoms with Gasteiger partial charge in [0.15, 0.2) is 18.6 Å². The van der Waals surface area contributed by atoms with Gasteiger partial charge < -0.3 is 9.47 Å². The molecular weight excluding hydrogens is 408 g/mol. The van der Waals surface area contributed by atoms with Gasteiger partial charge in [0.1, 0.15) is 11.6 Å². The van der Waals surface area contributed by atoms with Gasteiger partial charge in [-0.25, -0.2) is 17.6 Å².